The van der Waals surface area contributed by atoms with Crippen molar-refractivity contribution in [2.45, 2.75) is 35.8 Å². The topological polar surface area (TPSA) is 0 Å². The molecule has 0 heterocycles. The molecule has 0 amide bonds. The molecule has 0 radical (unpaired) electrons. The van der Waals surface area contributed by atoms with Crippen molar-refractivity contribution >= 4 is 27.7 Å². The van der Waals surface area contributed by atoms with Crippen molar-refractivity contribution in [1.29, 1.82) is 0 Å². The molecule has 2 heteroatoms. The monoisotopic (exact) mass is 284 g/mol. The van der Waals surface area contributed by atoms with Crippen LogP contribution in [0, 0.1) is 0 Å². The molecule has 0 bridgehead atoms. The fourth-order valence-electron chi connectivity index (χ4n) is 2.45. The first-order chi connectivity index (χ1) is 7.33. The molecule has 82 valence electrons. The van der Waals surface area contributed by atoms with Gasteiger partial charge in [-0.2, -0.15) is 11.8 Å². The van der Waals surface area contributed by atoms with Crippen molar-refractivity contribution in [3.63, 3.8) is 0 Å². The van der Waals surface area contributed by atoms with Crippen molar-refractivity contribution in [3.05, 3.63) is 35.4 Å². The maximum Gasteiger partial charge on any atom is 0.0214 e. The zero-order valence-corrected chi connectivity index (χ0v) is 11.5. The van der Waals surface area contributed by atoms with Crippen LogP contribution in [0.15, 0.2) is 24.3 Å². The highest BCUT2D eigenvalue weighted by atomic mass is 79.9. The summed E-state index contributed by atoms with van der Waals surface area (Å²) in [6.07, 6.45) is 6.23. The lowest BCUT2D eigenvalue weighted by Gasteiger charge is -2.18. The van der Waals surface area contributed by atoms with Gasteiger partial charge in [-0.25, -0.2) is 0 Å². The van der Waals surface area contributed by atoms with Crippen LogP contribution < -0.4 is 0 Å². The standard InChI is InChI=1S/C13H17BrS/c1-15-9-10-5-2-3-6-11(10)12-7-4-8-13(12)14/h2-3,5-6,12-13H,4,7-9H2,1H3. The van der Waals surface area contributed by atoms with Crippen LogP contribution in [0.1, 0.15) is 36.3 Å². The third-order valence-corrected chi connectivity index (χ3v) is 4.88. The molecule has 1 aliphatic carbocycles. The molecule has 0 spiro atoms. The van der Waals surface area contributed by atoms with Gasteiger partial charge in [0.15, 0.2) is 0 Å². The van der Waals surface area contributed by atoms with E-state index in [1.54, 1.807) is 5.56 Å². The third-order valence-electron chi connectivity index (χ3n) is 3.19. The van der Waals surface area contributed by atoms with Crippen molar-refractivity contribution in [1.82, 2.24) is 0 Å². The zero-order valence-electron chi connectivity index (χ0n) is 9.08. The Labute approximate surface area is 105 Å². The maximum absolute atomic E-state index is 3.82. The Morgan fingerprint density at radius 2 is 2.13 bits per heavy atom. The minimum atomic E-state index is 0.695. The normalized spacial score (nSPS) is 25.7. The Morgan fingerprint density at radius 3 is 2.80 bits per heavy atom. The fraction of sp³-hybridized carbons (Fsp3) is 0.538. The van der Waals surface area contributed by atoms with Crippen molar-refractivity contribution in [2.75, 3.05) is 6.26 Å². The Hall–Kier alpha value is 0.0500. The van der Waals surface area contributed by atoms with Gasteiger partial charge < -0.3 is 0 Å². The quantitative estimate of drug-likeness (QED) is 0.732. The summed E-state index contributed by atoms with van der Waals surface area (Å²) in [5.41, 5.74) is 3.10. The summed E-state index contributed by atoms with van der Waals surface area (Å²) < 4.78 is 0. The first kappa shape index (κ1) is 11.5. The van der Waals surface area contributed by atoms with Crippen LogP contribution in [0.25, 0.3) is 0 Å². The second-order valence-corrected chi connectivity index (χ2v) is 6.23. The number of benzene rings is 1. The van der Waals surface area contributed by atoms with E-state index in [9.17, 15) is 0 Å². The largest absolute Gasteiger partial charge is 0.161 e. The summed E-state index contributed by atoms with van der Waals surface area (Å²) in [6.45, 7) is 0. The molecule has 1 aliphatic rings. The van der Waals surface area contributed by atoms with Gasteiger partial charge in [-0.1, -0.05) is 46.6 Å². The van der Waals surface area contributed by atoms with Gasteiger partial charge in [0.05, 0.1) is 0 Å². The van der Waals surface area contributed by atoms with Gasteiger partial charge in [-0.15, -0.1) is 0 Å². The Bertz CT molecular complexity index is 324. The second kappa shape index (κ2) is 5.40. The smallest absolute Gasteiger partial charge is 0.0214 e. The van der Waals surface area contributed by atoms with Crippen molar-refractivity contribution in [3.8, 4) is 0 Å². The molecule has 1 aromatic carbocycles. The van der Waals surface area contributed by atoms with E-state index in [1.807, 2.05) is 11.8 Å². The molecule has 0 aromatic heterocycles. The van der Waals surface area contributed by atoms with E-state index in [4.69, 9.17) is 0 Å². The molecule has 2 atom stereocenters. The van der Waals surface area contributed by atoms with Gasteiger partial charge in [0.1, 0.15) is 0 Å². The number of halogens is 1. The van der Waals surface area contributed by atoms with E-state index >= 15 is 0 Å². The van der Waals surface area contributed by atoms with E-state index in [-0.39, 0.29) is 0 Å². The molecule has 0 saturated heterocycles. The molecule has 0 aliphatic heterocycles. The highest BCUT2D eigenvalue weighted by molar-refractivity contribution is 9.09. The molecule has 1 saturated carbocycles. The van der Waals surface area contributed by atoms with E-state index in [0.29, 0.717) is 4.83 Å². The summed E-state index contributed by atoms with van der Waals surface area (Å²) in [4.78, 5) is 0.695. The molecule has 1 aromatic rings. The second-order valence-electron chi connectivity index (χ2n) is 4.19. The van der Waals surface area contributed by atoms with Gasteiger partial charge in [0.2, 0.25) is 0 Å². The van der Waals surface area contributed by atoms with E-state index in [1.165, 1.54) is 24.8 Å². The van der Waals surface area contributed by atoms with Crippen LogP contribution in [0.5, 0.6) is 0 Å². The summed E-state index contributed by atoms with van der Waals surface area (Å²) in [5.74, 6) is 1.89. The number of thioether (sulfide) groups is 1. The Balaban J connectivity index is 2.25. The van der Waals surface area contributed by atoms with Crippen LogP contribution in [0.4, 0.5) is 0 Å². The van der Waals surface area contributed by atoms with Crippen molar-refractivity contribution in [2.24, 2.45) is 0 Å². The predicted octanol–water partition coefficient (Wildman–Crippen LogP) is 4.58. The molecule has 2 unspecified atom stereocenters. The lowest BCUT2D eigenvalue weighted by Crippen LogP contribution is -2.07. The number of hydrogen-bond acceptors (Lipinski definition) is 1. The van der Waals surface area contributed by atoms with Gasteiger partial charge in [-0.3, -0.25) is 0 Å². The van der Waals surface area contributed by atoms with Gasteiger partial charge in [-0.05, 0) is 36.1 Å². The Kier molecular flexibility index (Phi) is 4.15. The highest BCUT2D eigenvalue weighted by Gasteiger charge is 2.27. The number of hydrogen-bond donors (Lipinski definition) is 0. The highest BCUT2D eigenvalue weighted by Crippen LogP contribution is 2.40. The average molecular weight is 285 g/mol. The summed E-state index contributed by atoms with van der Waals surface area (Å²) >= 11 is 5.73. The van der Waals surface area contributed by atoms with E-state index in [0.717, 1.165) is 11.7 Å². The SMILES string of the molecule is CSCc1ccccc1C1CCCC1Br. The Morgan fingerprint density at radius 1 is 1.33 bits per heavy atom. The van der Waals surface area contributed by atoms with Crippen LogP contribution in [-0.2, 0) is 5.75 Å². The minimum Gasteiger partial charge on any atom is -0.161 e. The van der Waals surface area contributed by atoms with Gasteiger partial charge in [0.25, 0.3) is 0 Å². The molecular formula is C13H17BrS. The molecular weight excluding hydrogens is 268 g/mol. The summed E-state index contributed by atoms with van der Waals surface area (Å²) in [7, 11) is 0. The van der Waals surface area contributed by atoms with E-state index < -0.39 is 0 Å². The fourth-order valence-corrected chi connectivity index (χ4v) is 3.89. The lowest BCUT2D eigenvalue weighted by molar-refractivity contribution is 0.736. The van der Waals surface area contributed by atoms with Gasteiger partial charge in [0, 0.05) is 10.6 Å². The summed E-state index contributed by atoms with van der Waals surface area (Å²) in [6, 6.07) is 8.93. The first-order valence-electron chi connectivity index (χ1n) is 5.53. The maximum atomic E-state index is 3.82. The van der Waals surface area contributed by atoms with Crippen LogP contribution >= 0.6 is 27.7 Å². The molecule has 15 heavy (non-hydrogen) atoms. The van der Waals surface area contributed by atoms with E-state index in [2.05, 4.69) is 46.5 Å². The van der Waals surface area contributed by atoms with Crippen LogP contribution in [0.3, 0.4) is 0 Å². The third kappa shape index (κ3) is 2.59. The van der Waals surface area contributed by atoms with Crippen molar-refractivity contribution < 1.29 is 0 Å². The van der Waals surface area contributed by atoms with Crippen LogP contribution in [0.2, 0.25) is 0 Å². The molecule has 0 N–H and O–H groups in total. The molecule has 0 nitrogen and oxygen atoms in total. The molecule has 2 rings (SSSR count). The molecule has 1 fully saturated rings. The van der Waals surface area contributed by atoms with Crippen LogP contribution in [-0.4, -0.2) is 11.1 Å². The average Bonchev–Trinajstić information content (AvgIpc) is 2.66. The van der Waals surface area contributed by atoms with Gasteiger partial charge >= 0.3 is 0 Å². The zero-order chi connectivity index (χ0) is 10.7. The lowest BCUT2D eigenvalue weighted by atomic mass is 9.93. The minimum absolute atomic E-state index is 0.695. The number of rotatable bonds is 3. The predicted molar refractivity (Wildman–Crippen MR) is 73.0 cm³/mol. The number of alkyl halides is 1. The summed E-state index contributed by atoms with van der Waals surface area (Å²) in [5, 5.41) is 0. The first-order valence-corrected chi connectivity index (χ1v) is 7.84.